The fourth-order valence-electron chi connectivity index (χ4n) is 5.42. The molecule has 0 amide bonds. The number of hydrogen-bond acceptors (Lipinski definition) is 8. The number of Topliss-reactive ketones (excluding diaryl/α,β-unsaturated/α-hetero) is 1. The third kappa shape index (κ3) is 5.31. The summed E-state index contributed by atoms with van der Waals surface area (Å²) in [5, 5.41) is 21.0. The Morgan fingerprint density at radius 1 is 1.08 bits per heavy atom. The number of nitrogens with zero attached hydrogens (tertiary/aromatic N) is 1. The van der Waals surface area contributed by atoms with Crippen molar-refractivity contribution in [1.29, 1.82) is 0 Å². The molecular formula is C31H35NO7. The van der Waals surface area contributed by atoms with Crippen LogP contribution in [-0.4, -0.2) is 55.0 Å². The number of carbonyl (C=O) groups excluding carboxylic acids is 1. The van der Waals surface area contributed by atoms with Crippen molar-refractivity contribution in [2.75, 3.05) is 34.0 Å². The minimum absolute atomic E-state index is 0.0391. The topological polar surface area (TPSA) is 107 Å². The first kappa shape index (κ1) is 27.0. The van der Waals surface area contributed by atoms with Crippen molar-refractivity contribution in [2.24, 2.45) is 5.92 Å². The van der Waals surface area contributed by atoms with Gasteiger partial charge >= 0.3 is 0 Å². The van der Waals surface area contributed by atoms with E-state index >= 15 is 0 Å². The lowest BCUT2D eigenvalue weighted by Gasteiger charge is -2.29. The van der Waals surface area contributed by atoms with E-state index in [-0.39, 0.29) is 43.7 Å². The fraction of sp³-hybridized carbons (Fsp3) is 0.419. The molecule has 0 bridgehead atoms. The molecule has 2 N–H and O–H groups in total. The van der Waals surface area contributed by atoms with Gasteiger partial charge in [0.1, 0.15) is 30.3 Å². The molecule has 1 aliphatic carbocycles. The van der Waals surface area contributed by atoms with Crippen molar-refractivity contribution in [3.63, 3.8) is 0 Å². The van der Waals surface area contributed by atoms with Crippen molar-refractivity contribution in [3.05, 3.63) is 76.6 Å². The van der Waals surface area contributed by atoms with Crippen LogP contribution in [0.15, 0.2) is 48.5 Å². The van der Waals surface area contributed by atoms with Crippen LogP contribution in [0.4, 0.5) is 0 Å². The quantitative estimate of drug-likeness (QED) is 0.326. The highest BCUT2D eigenvalue weighted by atomic mass is 16.5. The molecule has 2 unspecified atom stereocenters. The van der Waals surface area contributed by atoms with E-state index in [1.54, 1.807) is 25.3 Å². The molecule has 2 heterocycles. The zero-order chi connectivity index (χ0) is 27.6. The molecule has 8 heteroatoms. The number of hydrogen-bond donors (Lipinski definition) is 2. The number of aliphatic hydroxyl groups excluding tert-OH is 1. The number of pyridine rings is 1. The van der Waals surface area contributed by atoms with Gasteiger partial charge in [-0.25, -0.2) is 0 Å². The Balaban J connectivity index is 1.40. The van der Waals surface area contributed by atoms with Gasteiger partial charge in [0.25, 0.3) is 0 Å². The van der Waals surface area contributed by atoms with Crippen LogP contribution >= 0.6 is 0 Å². The van der Waals surface area contributed by atoms with Crippen LogP contribution in [-0.2, 0) is 5.60 Å². The molecule has 0 saturated heterocycles. The van der Waals surface area contributed by atoms with E-state index in [0.717, 1.165) is 35.4 Å². The van der Waals surface area contributed by atoms with Gasteiger partial charge in [-0.05, 0) is 68.0 Å². The third-order valence-electron chi connectivity index (χ3n) is 7.71. The van der Waals surface area contributed by atoms with Crippen LogP contribution in [0.2, 0.25) is 0 Å². The van der Waals surface area contributed by atoms with Crippen LogP contribution in [0.1, 0.15) is 64.5 Å². The molecule has 5 rings (SSSR count). The molecule has 2 aromatic carbocycles. The second-order valence-corrected chi connectivity index (χ2v) is 10.2. The van der Waals surface area contributed by atoms with Crippen molar-refractivity contribution < 1.29 is 34.0 Å². The number of aryl methyl sites for hydroxylation is 1. The number of ketones is 1. The average molecular weight is 534 g/mol. The van der Waals surface area contributed by atoms with Crippen LogP contribution in [0, 0.1) is 12.8 Å². The molecule has 2 atom stereocenters. The second-order valence-electron chi connectivity index (χ2n) is 10.2. The van der Waals surface area contributed by atoms with Gasteiger partial charge in [0.05, 0.1) is 38.1 Å². The lowest BCUT2D eigenvalue weighted by Crippen LogP contribution is -2.31. The SMILES string of the molecule is COc1cc(C(=O)CCC(O)(c2ccc(OC)c(C3COc4c(C)cccc43)n2)C2CC2)ccc1OCCO. The van der Waals surface area contributed by atoms with Gasteiger partial charge in [0.2, 0.25) is 0 Å². The summed E-state index contributed by atoms with van der Waals surface area (Å²) in [6.07, 6.45) is 2.15. The van der Waals surface area contributed by atoms with Gasteiger partial charge in [0, 0.05) is 17.5 Å². The van der Waals surface area contributed by atoms with E-state index in [4.69, 9.17) is 29.0 Å². The molecule has 2 aliphatic rings. The van der Waals surface area contributed by atoms with Crippen molar-refractivity contribution in [2.45, 2.75) is 44.1 Å². The minimum atomic E-state index is -1.24. The first-order valence-electron chi connectivity index (χ1n) is 13.3. The number of aromatic nitrogens is 1. The van der Waals surface area contributed by atoms with E-state index in [1.165, 1.54) is 7.11 Å². The first-order valence-corrected chi connectivity index (χ1v) is 13.3. The van der Waals surface area contributed by atoms with Crippen LogP contribution in [0.25, 0.3) is 0 Å². The van der Waals surface area contributed by atoms with E-state index in [9.17, 15) is 9.90 Å². The van der Waals surface area contributed by atoms with Crippen LogP contribution < -0.4 is 18.9 Å². The molecule has 8 nitrogen and oxygen atoms in total. The normalized spacial score (nSPS) is 17.6. The highest BCUT2D eigenvalue weighted by molar-refractivity contribution is 5.96. The fourth-order valence-corrected chi connectivity index (χ4v) is 5.42. The maximum Gasteiger partial charge on any atom is 0.163 e. The van der Waals surface area contributed by atoms with Crippen molar-refractivity contribution >= 4 is 5.78 Å². The summed E-state index contributed by atoms with van der Waals surface area (Å²) >= 11 is 0. The standard InChI is InChI=1S/C31H35NO7/c1-19-5-4-6-22-23(18-39-30(19)22)29-26(36-2)11-12-28(32-29)31(35,21-8-9-21)14-13-24(34)20-7-10-25(38-16-15-33)27(17-20)37-3/h4-7,10-12,17,21,23,33,35H,8-9,13-16,18H2,1-3H3. The summed E-state index contributed by atoms with van der Waals surface area (Å²) < 4.78 is 22.5. The summed E-state index contributed by atoms with van der Waals surface area (Å²) in [6.45, 7) is 2.49. The van der Waals surface area contributed by atoms with Gasteiger partial charge in [-0.15, -0.1) is 0 Å². The van der Waals surface area contributed by atoms with Gasteiger partial charge < -0.3 is 29.2 Å². The summed E-state index contributed by atoms with van der Waals surface area (Å²) in [7, 11) is 3.12. The second kappa shape index (κ2) is 11.2. The first-order chi connectivity index (χ1) is 18.9. The van der Waals surface area contributed by atoms with E-state index in [0.29, 0.717) is 35.1 Å². The summed E-state index contributed by atoms with van der Waals surface area (Å²) in [5.41, 5.74) is 2.65. The smallest absolute Gasteiger partial charge is 0.163 e. The lowest BCUT2D eigenvalue weighted by molar-refractivity contribution is -0.00143. The number of aliphatic hydroxyl groups is 2. The van der Waals surface area contributed by atoms with Crippen molar-refractivity contribution in [1.82, 2.24) is 4.98 Å². The van der Waals surface area contributed by atoms with Gasteiger partial charge in [-0.1, -0.05) is 18.2 Å². The average Bonchev–Trinajstić information content (AvgIpc) is 3.74. The van der Waals surface area contributed by atoms with E-state index < -0.39 is 5.60 Å². The Morgan fingerprint density at radius 3 is 2.56 bits per heavy atom. The Kier molecular flexibility index (Phi) is 7.77. The summed E-state index contributed by atoms with van der Waals surface area (Å²) in [5.74, 6) is 2.22. The number of fused-ring (bicyclic) bond motifs is 1. The summed E-state index contributed by atoms with van der Waals surface area (Å²) in [6, 6.07) is 14.7. The van der Waals surface area contributed by atoms with Crippen LogP contribution in [0.5, 0.6) is 23.0 Å². The Hall–Kier alpha value is -3.62. The third-order valence-corrected chi connectivity index (χ3v) is 7.71. The maximum atomic E-state index is 13.2. The predicted octanol–water partition coefficient (Wildman–Crippen LogP) is 4.56. The van der Waals surface area contributed by atoms with Gasteiger partial charge in [0.15, 0.2) is 17.3 Å². The molecule has 206 valence electrons. The number of methoxy groups -OCH3 is 2. The number of para-hydroxylation sites is 1. The maximum absolute atomic E-state index is 13.2. The highest BCUT2D eigenvalue weighted by Crippen LogP contribution is 2.49. The molecule has 0 spiro atoms. The van der Waals surface area contributed by atoms with Gasteiger partial charge in [-0.3, -0.25) is 9.78 Å². The van der Waals surface area contributed by atoms with Crippen LogP contribution in [0.3, 0.4) is 0 Å². The molecule has 1 saturated carbocycles. The zero-order valence-corrected chi connectivity index (χ0v) is 22.6. The summed E-state index contributed by atoms with van der Waals surface area (Å²) in [4.78, 5) is 18.2. The zero-order valence-electron chi connectivity index (χ0n) is 22.6. The van der Waals surface area contributed by atoms with E-state index in [1.807, 2.05) is 37.3 Å². The van der Waals surface area contributed by atoms with E-state index in [2.05, 4.69) is 0 Å². The number of carbonyl (C=O) groups is 1. The lowest BCUT2D eigenvalue weighted by atomic mass is 9.85. The van der Waals surface area contributed by atoms with Gasteiger partial charge in [-0.2, -0.15) is 0 Å². The molecule has 1 fully saturated rings. The van der Waals surface area contributed by atoms with Crippen molar-refractivity contribution in [3.8, 4) is 23.0 Å². The Bertz CT molecular complexity index is 1350. The molecule has 3 aromatic rings. The molecular weight excluding hydrogens is 498 g/mol. The molecule has 39 heavy (non-hydrogen) atoms. The molecule has 1 aromatic heterocycles. The monoisotopic (exact) mass is 533 g/mol. The number of rotatable bonds is 12. The minimum Gasteiger partial charge on any atom is -0.495 e. The Labute approximate surface area is 228 Å². The predicted molar refractivity (Wildman–Crippen MR) is 145 cm³/mol. The molecule has 0 radical (unpaired) electrons. The molecule has 1 aliphatic heterocycles. The highest BCUT2D eigenvalue weighted by Gasteiger charge is 2.46. The Morgan fingerprint density at radius 2 is 1.85 bits per heavy atom. The number of ether oxygens (including phenoxy) is 4. The number of benzene rings is 2. The largest absolute Gasteiger partial charge is 0.495 e.